The van der Waals surface area contributed by atoms with E-state index < -0.39 is 9.84 Å². The zero-order valence-electron chi connectivity index (χ0n) is 22.3. The molecule has 210 valence electrons. The lowest BCUT2D eigenvalue weighted by Crippen LogP contribution is -2.63. The van der Waals surface area contributed by atoms with E-state index in [4.69, 9.17) is 24.7 Å². The molecule has 40 heavy (non-hydrogen) atoms. The smallest absolute Gasteiger partial charge is 0.289 e. The Hall–Kier alpha value is -3.62. The first-order valence-electron chi connectivity index (χ1n) is 13.7. The van der Waals surface area contributed by atoms with Crippen LogP contribution >= 0.6 is 0 Å². The lowest BCUT2D eigenvalue weighted by atomic mass is 10.1. The van der Waals surface area contributed by atoms with E-state index in [1.54, 1.807) is 4.90 Å². The van der Waals surface area contributed by atoms with Gasteiger partial charge in [0.15, 0.2) is 32.6 Å². The Morgan fingerprint density at radius 1 is 1.02 bits per heavy atom. The molecule has 13 nitrogen and oxygen atoms in total. The highest BCUT2D eigenvalue weighted by molar-refractivity contribution is 7.91. The largest absolute Gasteiger partial charge is 0.378 e. The number of carbonyl (C=O) groups excluding carboxylic acids is 1. The van der Waals surface area contributed by atoms with Gasteiger partial charge in [-0.15, -0.1) is 0 Å². The zero-order chi connectivity index (χ0) is 27.4. The molecule has 4 aromatic rings. The van der Waals surface area contributed by atoms with Crippen LogP contribution < -0.4 is 4.90 Å². The van der Waals surface area contributed by atoms with Gasteiger partial charge in [-0.25, -0.2) is 18.4 Å². The van der Waals surface area contributed by atoms with Gasteiger partial charge in [0.25, 0.3) is 5.91 Å². The molecule has 0 aliphatic carbocycles. The molecule has 0 bridgehead atoms. The van der Waals surface area contributed by atoms with E-state index >= 15 is 0 Å². The zero-order valence-corrected chi connectivity index (χ0v) is 23.1. The van der Waals surface area contributed by atoms with Crippen LogP contribution in [0.3, 0.4) is 0 Å². The second-order valence-electron chi connectivity index (χ2n) is 10.5. The Kier molecular flexibility index (Phi) is 6.20. The number of hydrogen-bond acceptors (Lipinski definition) is 10. The lowest BCUT2D eigenvalue weighted by Gasteiger charge is -2.46. The normalized spacial score (nSPS) is 20.3. The number of benzene rings is 1. The van der Waals surface area contributed by atoms with Gasteiger partial charge in [-0.2, -0.15) is 9.97 Å². The Balaban J connectivity index is 1.22. The van der Waals surface area contributed by atoms with E-state index in [0.29, 0.717) is 81.8 Å². The van der Waals surface area contributed by atoms with Crippen LogP contribution in [-0.2, 0) is 21.0 Å². The summed E-state index contributed by atoms with van der Waals surface area (Å²) in [6, 6.07) is 8.08. The van der Waals surface area contributed by atoms with E-state index in [0.717, 1.165) is 16.9 Å². The number of ether oxygens (including phenoxy) is 1. The van der Waals surface area contributed by atoms with E-state index in [1.807, 2.05) is 28.8 Å². The van der Waals surface area contributed by atoms with Crippen molar-refractivity contribution in [2.24, 2.45) is 0 Å². The van der Waals surface area contributed by atoms with Gasteiger partial charge in [-0.1, -0.05) is 19.1 Å². The molecule has 3 aliphatic rings. The van der Waals surface area contributed by atoms with Gasteiger partial charge in [0.2, 0.25) is 5.95 Å². The van der Waals surface area contributed by atoms with Gasteiger partial charge in [-0.05, 0) is 12.1 Å². The van der Waals surface area contributed by atoms with E-state index in [9.17, 15) is 13.2 Å². The molecule has 1 N–H and O–H groups in total. The van der Waals surface area contributed by atoms with E-state index in [1.165, 1.54) is 0 Å². The maximum absolute atomic E-state index is 13.4. The number of aryl methyl sites for hydroxylation is 1. The van der Waals surface area contributed by atoms with Gasteiger partial charge < -0.3 is 19.5 Å². The average Bonchev–Trinajstić information content (AvgIpc) is 3.54. The fraction of sp³-hybridized carbons (Fsp3) is 0.500. The number of aromatic nitrogens is 6. The number of nitrogens with one attached hydrogen (secondary N) is 1. The molecule has 3 aromatic heterocycles. The number of H-pyrrole nitrogens is 1. The van der Waals surface area contributed by atoms with Crippen LogP contribution in [0.15, 0.2) is 24.3 Å². The monoisotopic (exact) mass is 565 g/mol. The van der Waals surface area contributed by atoms with Crippen molar-refractivity contribution in [3.8, 4) is 5.95 Å². The van der Waals surface area contributed by atoms with Crippen molar-refractivity contribution in [3.05, 3.63) is 35.9 Å². The number of imidazole rings is 2. The third-order valence-corrected chi connectivity index (χ3v) is 9.63. The fourth-order valence-corrected chi connectivity index (χ4v) is 6.93. The molecule has 7 rings (SSSR count). The number of sulfone groups is 1. The predicted octanol–water partition coefficient (Wildman–Crippen LogP) is 0.646. The first-order chi connectivity index (χ1) is 19.4. The molecule has 0 atom stereocenters. The summed E-state index contributed by atoms with van der Waals surface area (Å²) in [6.45, 7) is 6.66. The maximum atomic E-state index is 13.4. The predicted molar refractivity (Wildman–Crippen MR) is 149 cm³/mol. The highest BCUT2D eigenvalue weighted by Crippen LogP contribution is 2.28. The number of para-hydroxylation sites is 2. The standard InChI is InChI=1S/C26H31N9O4S/c1-2-20-27-18-5-3-4-6-19(18)35(20)26-30-22-21(24(31-26)33-7-11-39-12-8-33)28-23(29-22)25(36)34-15-17(16-34)32-9-13-40(37,38)14-10-32/h3-6,17H,2,7-16H2,1H3,(H,28,29,30,31). The molecule has 0 radical (unpaired) electrons. The van der Waals surface area contributed by atoms with Crippen molar-refractivity contribution >= 4 is 43.8 Å². The van der Waals surface area contributed by atoms with Crippen LogP contribution in [0.4, 0.5) is 5.82 Å². The first kappa shape index (κ1) is 25.4. The number of rotatable bonds is 5. The van der Waals surface area contributed by atoms with Crippen molar-refractivity contribution in [2.45, 2.75) is 19.4 Å². The van der Waals surface area contributed by atoms with Gasteiger partial charge in [0.1, 0.15) is 5.82 Å². The minimum absolute atomic E-state index is 0.168. The number of carbonyl (C=O) groups is 1. The number of fused-ring (bicyclic) bond motifs is 2. The quantitative estimate of drug-likeness (QED) is 0.366. The highest BCUT2D eigenvalue weighted by Gasteiger charge is 2.38. The molecule has 0 unspecified atom stereocenters. The maximum Gasteiger partial charge on any atom is 0.289 e. The molecule has 14 heteroatoms. The van der Waals surface area contributed by atoms with Crippen LogP contribution in [0.1, 0.15) is 23.4 Å². The molecular weight excluding hydrogens is 534 g/mol. The van der Waals surface area contributed by atoms with E-state index in [2.05, 4.69) is 21.7 Å². The molecule has 3 aliphatic heterocycles. The third-order valence-electron chi connectivity index (χ3n) is 8.02. The average molecular weight is 566 g/mol. The topological polar surface area (TPSA) is 142 Å². The third kappa shape index (κ3) is 4.39. The van der Waals surface area contributed by atoms with Crippen molar-refractivity contribution in [1.82, 2.24) is 39.3 Å². The van der Waals surface area contributed by atoms with Gasteiger partial charge in [0, 0.05) is 51.7 Å². The van der Waals surface area contributed by atoms with Gasteiger partial charge in [0.05, 0.1) is 35.8 Å². The van der Waals surface area contributed by atoms with Crippen LogP contribution in [-0.4, -0.2) is 124 Å². The Morgan fingerprint density at radius 3 is 2.52 bits per heavy atom. The molecular formula is C26H31N9O4S. The van der Waals surface area contributed by atoms with Gasteiger partial charge in [-0.3, -0.25) is 14.3 Å². The summed E-state index contributed by atoms with van der Waals surface area (Å²) in [6.07, 6.45) is 0.703. The second kappa shape index (κ2) is 9.78. The number of morpholine rings is 1. The molecule has 3 saturated heterocycles. The highest BCUT2D eigenvalue weighted by atomic mass is 32.2. The SMILES string of the molecule is CCc1nc2ccccc2n1-c1nc(N2CCOCC2)c2nc(C(=O)N3CC(N4CCS(=O)(=O)CC4)C3)[nH]c2n1. The number of likely N-dealkylation sites (tertiary alicyclic amines) is 1. The molecule has 6 heterocycles. The summed E-state index contributed by atoms with van der Waals surface area (Å²) in [7, 11) is -2.94. The molecule has 0 spiro atoms. The van der Waals surface area contributed by atoms with Crippen LogP contribution in [0.25, 0.3) is 28.1 Å². The second-order valence-corrected chi connectivity index (χ2v) is 12.8. The first-order valence-corrected chi connectivity index (χ1v) is 15.5. The molecule has 1 aromatic carbocycles. The van der Waals surface area contributed by atoms with Crippen LogP contribution in [0, 0.1) is 0 Å². The van der Waals surface area contributed by atoms with Crippen LogP contribution in [0.5, 0.6) is 0 Å². The lowest BCUT2D eigenvalue weighted by molar-refractivity contribution is 0.0281. The van der Waals surface area contributed by atoms with E-state index in [-0.39, 0.29) is 29.3 Å². The fourth-order valence-electron chi connectivity index (χ4n) is 5.70. The Morgan fingerprint density at radius 2 is 1.77 bits per heavy atom. The molecule has 0 saturated carbocycles. The minimum atomic E-state index is -2.94. The summed E-state index contributed by atoms with van der Waals surface area (Å²) in [4.78, 5) is 41.9. The number of nitrogens with zero attached hydrogens (tertiary/aromatic N) is 8. The number of aromatic amines is 1. The van der Waals surface area contributed by atoms with Crippen molar-refractivity contribution < 1.29 is 17.9 Å². The number of hydrogen-bond donors (Lipinski definition) is 1. The summed E-state index contributed by atoms with van der Waals surface area (Å²) in [5.41, 5.74) is 2.83. The minimum Gasteiger partial charge on any atom is -0.378 e. The Labute approximate surface area is 231 Å². The number of amides is 1. The molecule has 3 fully saturated rings. The van der Waals surface area contributed by atoms with Crippen molar-refractivity contribution in [3.63, 3.8) is 0 Å². The summed E-state index contributed by atoms with van der Waals surface area (Å²) in [5, 5.41) is 0. The summed E-state index contributed by atoms with van der Waals surface area (Å²) >= 11 is 0. The Bertz CT molecular complexity index is 1690. The summed E-state index contributed by atoms with van der Waals surface area (Å²) < 4.78 is 31.1. The number of anilines is 1. The van der Waals surface area contributed by atoms with Gasteiger partial charge >= 0.3 is 0 Å². The van der Waals surface area contributed by atoms with Crippen LogP contribution in [0.2, 0.25) is 0 Å². The van der Waals surface area contributed by atoms with Crippen molar-refractivity contribution in [1.29, 1.82) is 0 Å². The van der Waals surface area contributed by atoms with Crippen molar-refractivity contribution in [2.75, 3.05) is 68.9 Å². The summed E-state index contributed by atoms with van der Waals surface area (Å²) in [5.74, 6) is 2.37. The molecule has 1 amide bonds.